The highest BCUT2D eigenvalue weighted by atomic mass is 32.1. The first-order chi connectivity index (χ1) is 9.08. The van der Waals surface area contributed by atoms with E-state index in [0.717, 1.165) is 10.6 Å². The van der Waals surface area contributed by atoms with E-state index in [1.54, 1.807) is 12.4 Å². The highest BCUT2D eigenvalue weighted by Gasteiger charge is 2.18. The monoisotopic (exact) mass is 276 g/mol. The van der Waals surface area contributed by atoms with E-state index < -0.39 is 6.03 Å². The second-order valence-corrected chi connectivity index (χ2v) is 5.49. The van der Waals surface area contributed by atoms with Gasteiger partial charge in [-0.05, 0) is 18.1 Å². The van der Waals surface area contributed by atoms with Crippen LogP contribution >= 0.6 is 11.3 Å². The Bertz CT molecular complexity index is 553. The van der Waals surface area contributed by atoms with Gasteiger partial charge in [-0.3, -0.25) is 9.88 Å². The molecule has 0 aliphatic carbocycles. The largest absolute Gasteiger partial charge is 0.351 e. The van der Waals surface area contributed by atoms with Crippen molar-refractivity contribution in [2.24, 2.45) is 5.73 Å². The second-order valence-electron chi connectivity index (χ2n) is 4.45. The standard InChI is InChI=1S/C13H16N4OS/c1-9(2)11-7-16-13(19-11)17(12(14)18)8-10-5-3-4-6-15-10/h3-7,9H,8H2,1-2H3,(H2,14,18). The lowest BCUT2D eigenvalue weighted by molar-refractivity contribution is 0.253. The molecule has 2 amide bonds. The molecule has 0 aliphatic rings. The van der Waals surface area contributed by atoms with Crippen molar-refractivity contribution in [3.63, 3.8) is 0 Å². The first kappa shape index (κ1) is 13.5. The molecule has 0 radical (unpaired) electrons. The van der Waals surface area contributed by atoms with Crippen LogP contribution in [-0.2, 0) is 6.54 Å². The Morgan fingerprint density at radius 3 is 2.74 bits per heavy atom. The fourth-order valence-corrected chi connectivity index (χ4v) is 2.48. The van der Waals surface area contributed by atoms with E-state index in [4.69, 9.17) is 5.73 Å². The zero-order chi connectivity index (χ0) is 13.8. The van der Waals surface area contributed by atoms with Gasteiger partial charge in [0.1, 0.15) is 0 Å². The van der Waals surface area contributed by atoms with Gasteiger partial charge in [-0.1, -0.05) is 19.9 Å². The molecule has 5 nitrogen and oxygen atoms in total. The van der Waals surface area contributed by atoms with Gasteiger partial charge in [0.05, 0.1) is 12.2 Å². The number of pyridine rings is 1. The van der Waals surface area contributed by atoms with Gasteiger partial charge in [-0.15, -0.1) is 11.3 Å². The first-order valence-corrected chi connectivity index (χ1v) is 6.82. The summed E-state index contributed by atoms with van der Waals surface area (Å²) >= 11 is 1.48. The highest BCUT2D eigenvalue weighted by molar-refractivity contribution is 7.15. The fourth-order valence-electron chi connectivity index (χ4n) is 1.56. The molecule has 0 spiro atoms. The van der Waals surface area contributed by atoms with E-state index >= 15 is 0 Å². The molecule has 0 unspecified atom stereocenters. The van der Waals surface area contributed by atoms with E-state index in [2.05, 4.69) is 23.8 Å². The molecule has 6 heteroatoms. The molecule has 2 aromatic heterocycles. The number of carbonyl (C=O) groups is 1. The van der Waals surface area contributed by atoms with Gasteiger partial charge < -0.3 is 5.73 Å². The summed E-state index contributed by atoms with van der Waals surface area (Å²) < 4.78 is 0. The van der Waals surface area contributed by atoms with Crippen molar-refractivity contribution in [2.75, 3.05) is 4.90 Å². The summed E-state index contributed by atoms with van der Waals surface area (Å²) in [5, 5.41) is 0.613. The van der Waals surface area contributed by atoms with E-state index in [1.165, 1.54) is 16.2 Å². The minimum absolute atomic E-state index is 0.335. The Kier molecular flexibility index (Phi) is 4.11. The lowest BCUT2D eigenvalue weighted by Crippen LogP contribution is -2.35. The predicted octanol–water partition coefficient (Wildman–Crippen LogP) is 2.75. The van der Waals surface area contributed by atoms with E-state index in [-0.39, 0.29) is 0 Å². The molecular weight excluding hydrogens is 260 g/mol. The van der Waals surface area contributed by atoms with Crippen LogP contribution in [-0.4, -0.2) is 16.0 Å². The number of carbonyl (C=O) groups excluding carboxylic acids is 1. The summed E-state index contributed by atoms with van der Waals surface area (Å²) in [6.07, 6.45) is 3.48. The van der Waals surface area contributed by atoms with Crippen molar-refractivity contribution in [3.8, 4) is 0 Å². The number of thiazole rings is 1. The van der Waals surface area contributed by atoms with Crippen LogP contribution in [0.3, 0.4) is 0 Å². The minimum Gasteiger partial charge on any atom is -0.351 e. The third kappa shape index (κ3) is 3.29. The number of aromatic nitrogens is 2. The Morgan fingerprint density at radius 1 is 1.42 bits per heavy atom. The van der Waals surface area contributed by atoms with Crippen molar-refractivity contribution in [3.05, 3.63) is 41.2 Å². The third-order valence-corrected chi connectivity index (χ3v) is 3.94. The van der Waals surface area contributed by atoms with Gasteiger partial charge in [-0.25, -0.2) is 9.78 Å². The average Bonchev–Trinajstić information content (AvgIpc) is 2.86. The van der Waals surface area contributed by atoms with Crippen LogP contribution in [0.15, 0.2) is 30.6 Å². The van der Waals surface area contributed by atoms with Crippen LogP contribution in [0.2, 0.25) is 0 Å². The fraction of sp³-hybridized carbons (Fsp3) is 0.308. The van der Waals surface area contributed by atoms with Gasteiger partial charge in [0.25, 0.3) is 0 Å². The quantitative estimate of drug-likeness (QED) is 0.933. The topological polar surface area (TPSA) is 72.1 Å². The molecule has 100 valence electrons. The van der Waals surface area contributed by atoms with Crippen LogP contribution in [0.4, 0.5) is 9.93 Å². The van der Waals surface area contributed by atoms with Crippen molar-refractivity contribution in [1.82, 2.24) is 9.97 Å². The maximum Gasteiger partial charge on any atom is 0.321 e. The Labute approximate surface area is 116 Å². The van der Waals surface area contributed by atoms with Gasteiger partial charge in [0, 0.05) is 17.3 Å². The molecule has 0 fully saturated rings. The molecule has 0 bridgehead atoms. The zero-order valence-corrected chi connectivity index (χ0v) is 11.7. The molecule has 0 atom stereocenters. The van der Waals surface area contributed by atoms with Gasteiger partial charge in [0.2, 0.25) is 0 Å². The van der Waals surface area contributed by atoms with Gasteiger partial charge in [-0.2, -0.15) is 0 Å². The smallest absolute Gasteiger partial charge is 0.321 e. The Morgan fingerprint density at radius 2 is 2.21 bits per heavy atom. The molecule has 0 saturated heterocycles. The Balaban J connectivity index is 2.22. The summed E-state index contributed by atoms with van der Waals surface area (Å²) in [7, 11) is 0. The predicted molar refractivity (Wildman–Crippen MR) is 76.2 cm³/mol. The number of rotatable bonds is 4. The summed E-state index contributed by atoms with van der Waals surface area (Å²) in [5.74, 6) is 0.385. The summed E-state index contributed by atoms with van der Waals surface area (Å²) in [6.45, 7) is 4.51. The number of amides is 2. The first-order valence-electron chi connectivity index (χ1n) is 6.00. The number of nitrogens with two attached hydrogens (primary N) is 1. The van der Waals surface area contributed by atoms with E-state index in [0.29, 0.717) is 17.6 Å². The lowest BCUT2D eigenvalue weighted by Gasteiger charge is -2.16. The molecule has 0 aromatic carbocycles. The number of urea groups is 1. The maximum absolute atomic E-state index is 11.6. The van der Waals surface area contributed by atoms with Crippen molar-refractivity contribution in [2.45, 2.75) is 26.3 Å². The van der Waals surface area contributed by atoms with E-state index in [1.807, 2.05) is 18.2 Å². The van der Waals surface area contributed by atoms with Crippen LogP contribution in [0.5, 0.6) is 0 Å². The summed E-state index contributed by atoms with van der Waals surface area (Å²) in [4.78, 5) is 22.6. The van der Waals surface area contributed by atoms with Crippen LogP contribution < -0.4 is 10.6 Å². The normalized spacial score (nSPS) is 10.7. The van der Waals surface area contributed by atoms with Gasteiger partial charge in [0.15, 0.2) is 5.13 Å². The molecule has 2 heterocycles. The van der Waals surface area contributed by atoms with Crippen molar-refractivity contribution < 1.29 is 4.79 Å². The van der Waals surface area contributed by atoms with Crippen LogP contribution in [0.25, 0.3) is 0 Å². The number of anilines is 1. The molecule has 0 aliphatic heterocycles. The van der Waals surface area contributed by atoms with Crippen molar-refractivity contribution in [1.29, 1.82) is 0 Å². The summed E-state index contributed by atoms with van der Waals surface area (Å²) in [6, 6.07) is 5.05. The van der Waals surface area contributed by atoms with Crippen LogP contribution in [0, 0.1) is 0 Å². The lowest BCUT2D eigenvalue weighted by atomic mass is 10.2. The molecule has 2 N–H and O–H groups in total. The van der Waals surface area contributed by atoms with E-state index in [9.17, 15) is 4.79 Å². The molecular formula is C13H16N4OS. The molecule has 2 rings (SSSR count). The number of nitrogens with zero attached hydrogens (tertiary/aromatic N) is 3. The van der Waals surface area contributed by atoms with Gasteiger partial charge >= 0.3 is 6.03 Å². The number of primary amides is 1. The van der Waals surface area contributed by atoms with Crippen LogP contribution in [0.1, 0.15) is 30.3 Å². The molecule has 0 saturated carbocycles. The molecule has 19 heavy (non-hydrogen) atoms. The second kappa shape index (κ2) is 5.79. The zero-order valence-electron chi connectivity index (χ0n) is 10.9. The third-order valence-electron chi connectivity index (χ3n) is 2.62. The minimum atomic E-state index is -0.518. The van der Waals surface area contributed by atoms with Crippen molar-refractivity contribution >= 4 is 22.5 Å². The number of hydrogen-bond acceptors (Lipinski definition) is 4. The average molecular weight is 276 g/mol. The summed E-state index contributed by atoms with van der Waals surface area (Å²) in [5.41, 5.74) is 6.21. The number of hydrogen-bond donors (Lipinski definition) is 1. The maximum atomic E-state index is 11.6. The molecule has 2 aromatic rings. The highest BCUT2D eigenvalue weighted by Crippen LogP contribution is 2.28. The SMILES string of the molecule is CC(C)c1cnc(N(Cc2ccccn2)C(N)=O)s1. The Hall–Kier alpha value is -1.95.